The summed E-state index contributed by atoms with van der Waals surface area (Å²) in [6.45, 7) is 5.51. The summed E-state index contributed by atoms with van der Waals surface area (Å²) in [4.78, 5) is 32.4. The van der Waals surface area contributed by atoms with Gasteiger partial charge in [-0.2, -0.15) is 10.1 Å². The number of hydrogen-bond donors (Lipinski definition) is 4. The second kappa shape index (κ2) is 9.19. The lowest BCUT2D eigenvalue weighted by molar-refractivity contribution is 0.0492. The van der Waals surface area contributed by atoms with Crippen LogP contribution in [0.1, 0.15) is 56.8 Å². The van der Waals surface area contributed by atoms with Gasteiger partial charge in [-0.1, -0.05) is 0 Å². The highest BCUT2D eigenvalue weighted by Crippen LogP contribution is 2.24. The third kappa shape index (κ3) is 6.56. The number of alkyl carbamates (subject to hydrolysis) is 1. The molecule has 2 aromatic rings. The number of nitrogens with zero attached hydrogens (tertiary/aromatic N) is 4. The minimum absolute atomic E-state index is 0.0525. The lowest BCUT2D eigenvalue weighted by Crippen LogP contribution is -2.42. The maximum absolute atomic E-state index is 12.0. The maximum Gasteiger partial charge on any atom is 0.407 e. The number of ether oxygens (including phenoxy) is 1. The van der Waals surface area contributed by atoms with Gasteiger partial charge in [-0.05, 0) is 46.5 Å². The predicted octanol–water partition coefficient (Wildman–Crippen LogP) is 2.30. The minimum atomic E-state index is -0.601. The Labute approximate surface area is 181 Å². The molecule has 3 rings (SSSR count). The Kier molecular flexibility index (Phi) is 6.62. The van der Waals surface area contributed by atoms with Crippen LogP contribution in [0.2, 0.25) is 0 Å². The fraction of sp³-hybridized carbons (Fsp3) is 0.550. The summed E-state index contributed by atoms with van der Waals surface area (Å²) in [5.74, 6) is 0.119. The zero-order valence-corrected chi connectivity index (χ0v) is 18.3. The van der Waals surface area contributed by atoms with Crippen LogP contribution in [0, 0.1) is 0 Å². The number of amides is 2. The van der Waals surface area contributed by atoms with E-state index in [-0.39, 0.29) is 17.6 Å². The molecule has 168 valence electrons. The van der Waals surface area contributed by atoms with Crippen molar-refractivity contribution in [1.82, 2.24) is 25.1 Å². The van der Waals surface area contributed by atoms with Crippen LogP contribution in [0.15, 0.2) is 18.6 Å². The standard InChI is InChI=1S/C20H30N8O3/c1-20(2,3)31-19(30)26-13-7-5-12(6-8-13)24-17-15(16(21)29)10-22-18(27-17)25-14-9-23-28(4)11-14/h9-13H,5-8H2,1-4H3,(H2,21,29)(H,26,30)(H2,22,24,25,27). The van der Waals surface area contributed by atoms with E-state index in [0.717, 1.165) is 31.4 Å². The molecule has 2 aromatic heterocycles. The molecular weight excluding hydrogens is 400 g/mol. The Balaban J connectivity index is 1.60. The number of nitrogens with one attached hydrogen (secondary N) is 3. The number of carbonyl (C=O) groups excluding carboxylic acids is 2. The van der Waals surface area contributed by atoms with Crippen LogP contribution in [0.25, 0.3) is 0 Å². The van der Waals surface area contributed by atoms with Gasteiger partial charge in [0, 0.05) is 31.5 Å². The quantitative estimate of drug-likeness (QED) is 0.545. The van der Waals surface area contributed by atoms with Gasteiger partial charge >= 0.3 is 6.09 Å². The maximum atomic E-state index is 12.0. The molecule has 0 unspecified atom stereocenters. The van der Waals surface area contributed by atoms with Gasteiger partial charge in [-0.3, -0.25) is 9.48 Å². The first kappa shape index (κ1) is 22.3. The van der Waals surface area contributed by atoms with Gasteiger partial charge in [0.15, 0.2) is 0 Å². The van der Waals surface area contributed by atoms with Crippen molar-refractivity contribution in [3.63, 3.8) is 0 Å². The van der Waals surface area contributed by atoms with Crippen LogP contribution < -0.4 is 21.7 Å². The first-order chi connectivity index (χ1) is 14.6. The van der Waals surface area contributed by atoms with Gasteiger partial charge in [0.2, 0.25) is 5.95 Å². The van der Waals surface area contributed by atoms with Crippen LogP contribution in [-0.2, 0) is 11.8 Å². The average molecular weight is 431 g/mol. The number of nitrogens with two attached hydrogens (primary N) is 1. The van der Waals surface area contributed by atoms with Crippen molar-refractivity contribution in [2.45, 2.75) is 64.1 Å². The molecule has 2 heterocycles. The molecule has 0 atom stereocenters. The first-order valence-electron chi connectivity index (χ1n) is 10.3. The highest BCUT2D eigenvalue weighted by atomic mass is 16.6. The molecule has 0 aromatic carbocycles. The van der Waals surface area contributed by atoms with Crippen molar-refractivity contribution in [2.75, 3.05) is 10.6 Å². The van der Waals surface area contributed by atoms with Crippen molar-refractivity contribution in [3.8, 4) is 0 Å². The van der Waals surface area contributed by atoms with E-state index in [1.165, 1.54) is 6.20 Å². The van der Waals surface area contributed by atoms with Crippen molar-refractivity contribution in [3.05, 3.63) is 24.2 Å². The van der Waals surface area contributed by atoms with Crippen LogP contribution in [0.4, 0.5) is 22.2 Å². The number of primary amides is 1. The fourth-order valence-corrected chi connectivity index (χ4v) is 3.40. The minimum Gasteiger partial charge on any atom is -0.444 e. The summed E-state index contributed by atoms with van der Waals surface area (Å²) < 4.78 is 6.98. The Hall–Kier alpha value is -3.37. The summed E-state index contributed by atoms with van der Waals surface area (Å²) in [5.41, 5.74) is 5.93. The molecule has 2 amide bonds. The van der Waals surface area contributed by atoms with Crippen molar-refractivity contribution in [2.24, 2.45) is 12.8 Å². The molecular formula is C20H30N8O3. The summed E-state index contributed by atoms with van der Waals surface area (Å²) in [5, 5.41) is 13.4. The van der Waals surface area contributed by atoms with E-state index < -0.39 is 17.6 Å². The van der Waals surface area contributed by atoms with E-state index in [0.29, 0.717) is 11.8 Å². The second-order valence-corrected chi connectivity index (χ2v) is 8.69. The Morgan fingerprint density at radius 1 is 1.16 bits per heavy atom. The average Bonchev–Trinajstić information content (AvgIpc) is 3.06. The molecule has 31 heavy (non-hydrogen) atoms. The number of aryl methyl sites for hydroxylation is 1. The molecule has 11 heteroatoms. The molecule has 11 nitrogen and oxygen atoms in total. The van der Waals surface area contributed by atoms with Gasteiger partial charge < -0.3 is 26.4 Å². The van der Waals surface area contributed by atoms with Gasteiger partial charge in [0.1, 0.15) is 11.4 Å². The molecule has 1 saturated carbocycles. The van der Waals surface area contributed by atoms with Crippen LogP contribution in [0.3, 0.4) is 0 Å². The largest absolute Gasteiger partial charge is 0.444 e. The molecule has 0 bridgehead atoms. The van der Waals surface area contributed by atoms with E-state index >= 15 is 0 Å². The monoisotopic (exact) mass is 430 g/mol. The SMILES string of the molecule is Cn1cc(Nc2ncc(C(N)=O)c(NC3CCC(NC(=O)OC(C)(C)C)CC3)n2)cn1. The topological polar surface area (TPSA) is 149 Å². The van der Waals surface area contributed by atoms with Crippen LogP contribution in [0.5, 0.6) is 0 Å². The third-order valence-electron chi connectivity index (χ3n) is 4.80. The van der Waals surface area contributed by atoms with E-state index in [9.17, 15) is 9.59 Å². The van der Waals surface area contributed by atoms with Crippen LogP contribution in [-0.4, -0.2) is 49.4 Å². The summed E-state index contributed by atoms with van der Waals surface area (Å²) in [7, 11) is 1.81. The molecule has 1 aliphatic carbocycles. The Morgan fingerprint density at radius 3 is 2.42 bits per heavy atom. The molecule has 0 spiro atoms. The van der Waals surface area contributed by atoms with E-state index in [1.807, 2.05) is 27.8 Å². The molecule has 0 aliphatic heterocycles. The molecule has 0 radical (unpaired) electrons. The highest BCUT2D eigenvalue weighted by molar-refractivity contribution is 5.97. The fourth-order valence-electron chi connectivity index (χ4n) is 3.40. The van der Waals surface area contributed by atoms with Gasteiger partial charge in [-0.25, -0.2) is 9.78 Å². The number of aromatic nitrogens is 4. The van der Waals surface area contributed by atoms with E-state index in [2.05, 4.69) is 31.0 Å². The predicted molar refractivity (Wildman–Crippen MR) is 116 cm³/mol. The summed E-state index contributed by atoms with van der Waals surface area (Å²) in [6, 6.07) is 0.146. The summed E-state index contributed by atoms with van der Waals surface area (Å²) >= 11 is 0. The molecule has 1 fully saturated rings. The van der Waals surface area contributed by atoms with Gasteiger partial charge in [0.05, 0.1) is 17.4 Å². The zero-order valence-electron chi connectivity index (χ0n) is 18.3. The first-order valence-corrected chi connectivity index (χ1v) is 10.3. The third-order valence-corrected chi connectivity index (χ3v) is 4.80. The van der Waals surface area contributed by atoms with Crippen molar-refractivity contribution < 1.29 is 14.3 Å². The lowest BCUT2D eigenvalue weighted by Gasteiger charge is -2.31. The van der Waals surface area contributed by atoms with Gasteiger partial charge in [0.25, 0.3) is 5.91 Å². The molecule has 5 N–H and O–H groups in total. The van der Waals surface area contributed by atoms with Crippen molar-refractivity contribution in [1.29, 1.82) is 0 Å². The van der Waals surface area contributed by atoms with Gasteiger partial charge in [-0.15, -0.1) is 0 Å². The molecule has 1 aliphatic rings. The highest BCUT2D eigenvalue weighted by Gasteiger charge is 2.26. The lowest BCUT2D eigenvalue weighted by atomic mass is 9.91. The number of anilines is 3. The van der Waals surface area contributed by atoms with E-state index in [4.69, 9.17) is 10.5 Å². The second-order valence-electron chi connectivity index (χ2n) is 8.69. The summed E-state index contributed by atoms with van der Waals surface area (Å²) in [6.07, 6.45) is 7.62. The number of rotatable bonds is 6. The Bertz CT molecular complexity index is 929. The van der Waals surface area contributed by atoms with E-state index in [1.54, 1.807) is 17.1 Å². The van der Waals surface area contributed by atoms with Crippen molar-refractivity contribution >= 4 is 29.5 Å². The Morgan fingerprint density at radius 2 is 1.84 bits per heavy atom. The number of carbonyl (C=O) groups is 2. The zero-order chi connectivity index (χ0) is 22.6. The normalized spacial score (nSPS) is 18.8. The molecule has 0 saturated heterocycles. The van der Waals surface area contributed by atoms with Crippen LogP contribution >= 0.6 is 0 Å². The number of hydrogen-bond acceptors (Lipinski definition) is 8. The smallest absolute Gasteiger partial charge is 0.407 e.